The van der Waals surface area contributed by atoms with E-state index in [2.05, 4.69) is 11.9 Å². The zero-order valence-corrected chi connectivity index (χ0v) is 17.4. The second-order valence-electron chi connectivity index (χ2n) is 7.02. The van der Waals surface area contributed by atoms with E-state index >= 15 is 0 Å². The average Bonchev–Trinajstić information content (AvgIpc) is 3.06. The summed E-state index contributed by atoms with van der Waals surface area (Å²) < 4.78 is 6.92. The monoisotopic (exact) mass is 414 g/mol. The van der Waals surface area contributed by atoms with Gasteiger partial charge in [0.25, 0.3) is 11.5 Å². The van der Waals surface area contributed by atoms with Crippen LogP contribution in [-0.2, 0) is 12.8 Å². The molecule has 5 nitrogen and oxygen atoms in total. The van der Waals surface area contributed by atoms with E-state index in [1.54, 1.807) is 29.5 Å². The number of fused-ring (bicyclic) bond motifs is 3. The summed E-state index contributed by atoms with van der Waals surface area (Å²) in [6.07, 6.45) is 6.05. The summed E-state index contributed by atoms with van der Waals surface area (Å²) in [4.78, 5) is 31.5. The van der Waals surface area contributed by atoms with Crippen LogP contribution in [0.5, 0.6) is 5.75 Å². The van der Waals surface area contributed by atoms with Crippen LogP contribution >= 0.6 is 23.6 Å². The van der Waals surface area contributed by atoms with Gasteiger partial charge >= 0.3 is 0 Å². The molecule has 0 atom stereocenters. The van der Waals surface area contributed by atoms with Gasteiger partial charge in [0.15, 0.2) is 4.77 Å². The van der Waals surface area contributed by atoms with Crippen LogP contribution in [0, 0.1) is 4.77 Å². The van der Waals surface area contributed by atoms with E-state index in [0.717, 1.165) is 53.5 Å². The third-order valence-electron chi connectivity index (χ3n) is 5.06. The molecular weight excluding hydrogens is 392 g/mol. The topological polar surface area (TPSA) is 64.1 Å². The van der Waals surface area contributed by atoms with E-state index in [1.807, 2.05) is 6.07 Å². The molecule has 2 aromatic heterocycles. The summed E-state index contributed by atoms with van der Waals surface area (Å²) in [6.45, 7) is 2.69. The molecule has 4 rings (SSSR count). The molecular formula is C21H22N2O3S2. The minimum Gasteiger partial charge on any atom is -0.494 e. The number of aryl methyl sites for hydroxylation is 2. The van der Waals surface area contributed by atoms with Gasteiger partial charge in [-0.15, -0.1) is 11.3 Å². The zero-order valence-electron chi connectivity index (χ0n) is 15.7. The smallest absolute Gasteiger partial charge is 0.270 e. The van der Waals surface area contributed by atoms with Gasteiger partial charge in [-0.3, -0.25) is 9.59 Å². The molecule has 0 saturated carbocycles. The molecule has 0 amide bonds. The summed E-state index contributed by atoms with van der Waals surface area (Å²) in [7, 11) is 0. The van der Waals surface area contributed by atoms with Gasteiger partial charge in [0, 0.05) is 10.4 Å². The number of H-pyrrole nitrogens is 1. The van der Waals surface area contributed by atoms with Crippen LogP contribution < -0.4 is 10.3 Å². The number of rotatable bonds is 5. The second-order valence-corrected chi connectivity index (χ2v) is 8.51. The van der Waals surface area contributed by atoms with Gasteiger partial charge in [-0.05, 0) is 68.1 Å². The Morgan fingerprint density at radius 3 is 2.96 bits per heavy atom. The van der Waals surface area contributed by atoms with Crippen LogP contribution in [0.15, 0.2) is 29.1 Å². The molecule has 1 aliphatic rings. The number of aromatic amines is 1. The highest BCUT2D eigenvalue weighted by atomic mass is 32.1. The van der Waals surface area contributed by atoms with Crippen LogP contribution in [0.1, 0.15) is 53.4 Å². The molecule has 0 fully saturated rings. The SMILES string of the molecule is CCCCOc1cccc(C(=O)n2c(=S)[nH]c3sc4c(c3c2=O)CCCC4)c1. The Morgan fingerprint density at radius 2 is 2.14 bits per heavy atom. The Balaban J connectivity index is 1.77. The fourth-order valence-corrected chi connectivity index (χ4v) is 5.22. The third kappa shape index (κ3) is 3.44. The van der Waals surface area contributed by atoms with Crippen molar-refractivity contribution in [2.75, 3.05) is 6.61 Å². The van der Waals surface area contributed by atoms with Crippen molar-refractivity contribution in [3.63, 3.8) is 0 Å². The van der Waals surface area contributed by atoms with Crippen molar-refractivity contribution in [2.45, 2.75) is 45.4 Å². The third-order valence-corrected chi connectivity index (χ3v) is 6.55. The number of nitrogens with one attached hydrogen (secondary N) is 1. The van der Waals surface area contributed by atoms with Crippen molar-refractivity contribution >= 4 is 39.7 Å². The fraction of sp³-hybridized carbons (Fsp3) is 0.381. The van der Waals surface area contributed by atoms with Gasteiger partial charge in [0.2, 0.25) is 0 Å². The molecule has 0 unspecified atom stereocenters. The van der Waals surface area contributed by atoms with Gasteiger partial charge < -0.3 is 9.72 Å². The fourth-order valence-electron chi connectivity index (χ4n) is 3.60. The molecule has 3 aromatic rings. The largest absolute Gasteiger partial charge is 0.494 e. The molecule has 0 radical (unpaired) electrons. The summed E-state index contributed by atoms with van der Waals surface area (Å²) in [5, 5.41) is 0.622. The molecule has 1 N–H and O–H groups in total. The van der Waals surface area contributed by atoms with Gasteiger partial charge in [-0.2, -0.15) is 0 Å². The number of unbranched alkanes of at least 4 members (excludes halogenated alkanes) is 1. The van der Waals surface area contributed by atoms with Crippen LogP contribution in [0.3, 0.4) is 0 Å². The van der Waals surface area contributed by atoms with Crippen molar-refractivity contribution in [3.05, 3.63) is 55.4 Å². The molecule has 7 heteroatoms. The van der Waals surface area contributed by atoms with Gasteiger partial charge in [0.1, 0.15) is 10.6 Å². The number of thiophene rings is 1. The maximum Gasteiger partial charge on any atom is 0.270 e. The Labute approximate surface area is 172 Å². The molecule has 1 aliphatic carbocycles. The first kappa shape index (κ1) is 19.1. The van der Waals surface area contributed by atoms with Gasteiger partial charge in [0.05, 0.1) is 12.0 Å². The summed E-state index contributed by atoms with van der Waals surface area (Å²) >= 11 is 6.96. The Kier molecular flexibility index (Phi) is 5.46. The number of ether oxygens (including phenoxy) is 1. The molecule has 28 heavy (non-hydrogen) atoms. The number of hydrogen-bond acceptors (Lipinski definition) is 5. The number of benzene rings is 1. The lowest BCUT2D eigenvalue weighted by Gasteiger charge is -2.11. The lowest BCUT2D eigenvalue weighted by molar-refractivity contribution is 0.0953. The number of carbonyl (C=O) groups excluding carboxylic acids is 1. The van der Waals surface area contributed by atoms with Crippen molar-refractivity contribution in [1.29, 1.82) is 0 Å². The van der Waals surface area contributed by atoms with Gasteiger partial charge in [-0.25, -0.2) is 4.57 Å². The predicted octanol–water partition coefficient (Wildman–Crippen LogP) is 4.87. The maximum absolute atomic E-state index is 13.2. The van der Waals surface area contributed by atoms with Crippen LogP contribution in [0.25, 0.3) is 10.2 Å². The highest BCUT2D eigenvalue weighted by molar-refractivity contribution is 7.71. The number of hydrogen-bond donors (Lipinski definition) is 1. The Morgan fingerprint density at radius 1 is 1.32 bits per heavy atom. The molecule has 0 aliphatic heterocycles. The van der Waals surface area contributed by atoms with Gasteiger partial charge in [-0.1, -0.05) is 19.4 Å². The molecule has 2 heterocycles. The van der Waals surface area contributed by atoms with Crippen molar-refractivity contribution in [1.82, 2.24) is 9.55 Å². The van der Waals surface area contributed by atoms with Crippen LogP contribution in [0.2, 0.25) is 0 Å². The quantitative estimate of drug-likeness (QED) is 0.478. The highest BCUT2D eigenvalue weighted by Crippen LogP contribution is 2.33. The lowest BCUT2D eigenvalue weighted by Crippen LogP contribution is -2.29. The second kappa shape index (κ2) is 8.01. The van der Waals surface area contributed by atoms with E-state index in [4.69, 9.17) is 17.0 Å². The van der Waals surface area contributed by atoms with Crippen LogP contribution in [0.4, 0.5) is 0 Å². The minimum absolute atomic E-state index is 0.137. The number of carbonyl (C=O) groups is 1. The molecule has 0 bridgehead atoms. The van der Waals surface area contributed by atoms with Crippen LogP contribution in [-0.4, -0.2) is 22.1 Å². The van der Waals surface area contributed by atoms with Crippen molar-refractivity contribution in [2.24, 2.45) is 0 Å². The number of nitrogens with zero attached hydrogens (tertiary/aromatic N) is 1. The van der Waals surface area contributed by atoms with Crippen molar-refractivity contribution < 1.29 is 9.53 Å². The molecule has 0 spiro atoms. The Bertz CT molecular complexity index is 1160. The van der Waals surface area contributed by atoms with Crippen molar-refractivity contribution in [3.8, 4) is 5.75 Å². The zero-order chi connectivity index (χ0) is 19.7. The standard InChI is InChI=1S/C21H22N2O3S2/c1-2-3-11-26-14-8-6-7-13(12-14)19(24)23-20(25)17-15-9-4-5-10-16(15)28-18(17)22-21(23)27/h6-8,12H,2-5,9-11H2,1H3,(H,22,27). The van der Waals surface area contributed by atoms with E-state index in [9.17, 15) is 9.59 Å². The normalized spacial score (nSPS) is 13.5. The molecule has 0 saturated heterocycles. The number of aromatic nitrogens is 2. The predicted molar refractivity (Wildman–Crippen MR) is 114 cm³/mol. The Hall–Kier alpha value is -2.25. The molecule has 1 aromatic carbocycles. The first-order valence-corrected chi connectivity index (χ1v) is 10.9. The highest BCUT2D eigenvalue weighted by Gasteiger charge is 2.22. The van der Waals surface area contributed by atoms with E-state index in [1.165, 1.54) is 4.88 Å². The van der Waals surface area contributed by atoms with E-state index in [-0.39, 0.29) is 10.3 Å². The average molecular weight is 415 g/mol. The lowest BCUT2D eigenvalue weighted by atomic mass is 9.97. The summed E-state index contributed by atoms with van der Waals surface area (Å²) in [6, 6.07) is 6.93. The molecule has 146 valence electrons. The maximum atomic E-state index is 13.2. The minimum atomic E-state index is -0.426. The first-order valence-electron chi connectivity index (χ1n) is 9.67. The first-order chi connectivity index (χ1) is 13.6. The van der Waals surface area contributed by atoms with E-state index < -0.39 is 5.91 Å². The summed E-state index contributed by atoms with van der Waals surface area (Å²) in [5.74, 6) is 0.195. The van der Waals surface area contributed by atoms with E-state index in [0.29, 0.717) is 23.3 Å². The summed E-state index contributed by atoms with van der Waals surface area (Å²) in [5.41, 5.74) is 1.15.